The number of aryl methyl sites for hydroxylation is 2. The van der Waals surface area contributed by atoms with Gasteiger partial charge in [0.2, 0.25) is 11.8 Å². The van der Waals surface area contributed by atoms with E-state index in [1.54, 1.807) is 35.9 Å². The minimum atomic E-state index is -2.54. The van der Waals surface area contributed by atoms with Gasteiger partial charge in [-0.05, 0) is 55.7 Å². The van der Waals surface area contributed by atoms with E-state index in [9.17, 15) is 13.6 Å². The Kier molecular flexibility index (Phi) is 8.43. The number of anilines is 1. The number of halogens is 2. The number of hydrogen-bond donors (Lipinski definition) is 0. The van der Waals surface area contributed by atoms with Crippen LogP contribution in [0.2, 0.25) is 0 Å². The molecule has 2 aromatic heterocycles. The Hall–Kier alpha value is -4.92. The van der Waals surface area contributed by atoms with Gasteiger partial charge in [-0.25, -0.2) is 13.5 Å². The monoisotopic (exact) mass is 558 g/mol. The molecule has 1 fully saturated rings. The van der Waals surface area contributed by atoms with E-state index < -0.39 is 6.43 Å². The SMILES string of the molecule is Cc1nnn(-c2ccc(C(F)F)cc2)c1COc1ccc(N2CCN(CCCc3ccc(C#N)cc3)C(=O)C2)nn1. The third-order valence-electron chi connectivity index (χ3n) is 6.95. The number of rotatable bonds is 10. The van der Waals surface area contributed by atoms with Gasteiger partial charge < -0.3 is 14.5 Å². The topological polar surface area (TPSA) is 113 Å². The fourth-order valence-corrected chi connectivity index (χ4v) is 4.57. The summed E-state index contributed by atoms with van der Waals surface area (Å²) < 4.78 is 33.2. The molecule has 4 aromatic rings. The van der Waals surface area contributed by atoms with Crippen LogP contribution in [0.25, 0.3) is 5.69 Å². The quantitative estimate of drug-likeness (QED) is 0.287. The molecular weight excluding hydrogens is 530 g/mol. The molecule has 1 aliphatic rings. The van der Waals surface area contributed by atoms with Gasteiger partial charge in [0.25, 0.3) is 6.43 Å². The van der Waals surface area contributed by atoms with Crippen molar-refractivity contribution in [3.8, 4) is 17.6 Å². The van der Waals surface area contributed by atoms with Crippen LogP contribution < -0.4 is 9.64 Å². The summed E-state index contributed by atoms with van der Waals surface area (Å²) in [6, 6.07) is 18.9. The Morgan fingerprint density at radius 1 is 1.00 bits per heavy atom. The maximum absolute atomic E-state index is 12.9. The molecule has 1 aliphatic heterocycles. The largest absolute Gasteiger partial charge is 0.470 e. The zero-order valence-corrected chi connectivity index (χ0v) is 22.5. The number of aromatic nitrogens is 5. The molecule has 0 aliphatic carbocycles. The van der Waals surface area contributed by atoms with Crippen LogP contribution in [0, 0.1) is 18.3 Å². The minimum Gasteiger partial charge on any atom is -0.470 e. The third-order valence-corrected chi connectivity index (χ3v) is 6.95. The summed E-state index contributed by atoms with van der Waals surface area (Å²) in [5, 5.41) is 25.5. The van der Waals surface area contributed by atoms with Crippen LogP contribution in [0.5, 0.6) is 5.88 Å². The minimum absolute atomic E-state index is 0.0380. The number of hydrogen-bond acceptors (Lipinski definition) is 8. The normalized spacial score (nSPS) is 13.5. The van der Waals surface area contributed by atoms with Gasteiger partial charge in [0.05, 0.1) is 29.6 Å². The molecule has 12 heteroatoms. The van der Waals surface area contributed by atoms with Crippen molar-refractivity contribution in [1.29, 1.82) is 5.26 Å². The van der Waals surface area contributed by atoms with Crippen molar-refractivity contribution < 1.29 is 18.3 Å². The molecule has 2 aromatic carbocycles. The van der Waals surface area contributed by atoms with Gasteiger partial charge in [0.15, 0.2) is 5.82 Å². The fourth-order valence-electron chi connectivity index (χ4n) is 4.57. The van der Waals surface area contributed by atoms with E-state index in [2.05, 4.69) is 26.6 Å². The van der Waals surface area contributed by atoms with Crippen LogP contribution >= 0.6 is 0 Å². The van der Waals surface area contributed by atoms with Crippen molar-refractivity contribution in [2.75, 3.05) is 31.1 Å². The molecule has 10 nitrogen and oxygen atoms in total. The Morgan fingerprint density at radius 3 is 2.44 bits per heavy atom. The molecule has 41 heavy (non-hydrogen) atoms. The first kappa shape index (κ1) is 27.6. The zero-order valence-electron chi connectivity index (χ0n) is 22.5. The van der Waals surface area contributed by atoms with E-state index in [4.69, 9.17) is 10.00 Å². The van der Waals surface area contributed by atoms with Crippen LogP contribution in [0.3, 0.4) is 0 Å². The first-order valence-electron chi connectivity index (χ1n) is 13.2. The van der Waals surface area contributed by atoms with Gasteiger partial charge in [-0.1, -0.05) is 29.5 Å². The summed E-state index contributed by atoms with van der Waals surface area (Å²) in [7, 11) is 0. The van der Waals surface area contributed by atoms with Crippen LogP contribution in [0.4, 0.5) is 14.6 Å². The number of ether oxygens (including phenoxy) is 1. The smallest absolute Gasteiger partial charge is 0.263 e. The van der Waals surface area contributed by atoms with Crippen LogP contribution in [-0.4, -0.2) is 62.2 Å². The van der Waals surface area contributed by atoms with E-state index in [-0.39, 0.29) is 24.6 Å². The Bertz CT molecular complexity index is 1520. The van der Waals surface area contributed by atoms with Crippen molar-refractivity contribution in [3.63, 3.8) is 0 Å². The summed E-state index contributed by atoms with van der Waals surface area (Å²) in [5.41, 5.74) is 3.60. The van der Waals surface area contributed by atoms with Gasteiger partial charge in [-0.15, -0.1) is 15.3 Å². The van der Waals surface area contributed by atoms with Gasteiger partial charge in [-0.2, -0.15) is 5.26 Å². The lowest BCUT2D eigenvalue weighted by molar-refractivity contribution is -0.131. The van der Waals surface area contributed by atoms with Gasteiger partial charge >= 0.3 is 0 Å². The third kappa shape index (κ3) is 6.63. The summed E-state index contributed by atoms with van der Waals surface area (Å²) >= 11 is 0. The maximum Gasteiger partial charge on any atom is 0.263 e. The first-order valence-corrected chi connectivity index (χ1v) is 13.2. The van der Waals surface area contributed by atoms with E-state index in [1.165, 1.54) is 12.1 Å². The number of piperazine rings is 1. The summed E-state index contributed by atoms with van der Waals surface area (Å²) in [6.07, 6.45) is -0.856. The number of nitriles is 1. The van der Waals surface area contributed by atoms with Gasteiger partial charge in [0, 0.05) is 31.3 Å². The number of carbonyl (C=O) groups excluding carboxylic acids is 1. The second-order valence-electron chi connectivity index (χ2n) is 9.66. The Morgan fingerprint density at radius 2 is 1.78 bits per heavy atom. The molecule has 5 rings (SSSR count). The van der Waals surface area contributed by atoms with E-state index >= 15 is 0 Å². The number of benzene rings is 2. The van der Waals surface area contributed by atoms with Crippen LogP contribution in [-0.2, 0) is 17.8 Å². The molecule has 0 saturated carbocycles. The first-order chi connectivity index (χ1) is 19.9. The maximum atomic E-state index is 12.9. The lowest BCUT2D eigenvalue weighted by Crippen LogP contribution is -2.51. The molecule has 0 atom stereocenters. The average molecular weight is 559 g/mol. The Labute approximate surface area is 235 Å². The average Bonchev–Trinajstić information content (AvgIpc) is 3.37. The highest BCUT2D eigenvalue weighted by molar-refractivity contribution is 5.82. The number of nitrogens with zero attached hydrogens (tertiary/aromatic N) is 8. The zero-order chi connectivity index (χ0) is 28.8. The lowest BCUT2D eigenvalue weighted by Gasteiger charge is -2.34. The predicted molar refractivity (Wildman–Crippen MR) is 146 cm³/mol. The molecule has 1 saturated heterocycles. The highest BCUT2D eigenvalue weighted by Crippen LogP contribution is 2.22. The van der Waals surface area contributed by atoms with E-state index in [0.717, 1.165) is 18.4 Å². The van der Waals surface area contributed by atoms with Gasteiger partial charge in [-0.3, -0.25) is 4.79 Å². The second-order valence-corrected chi connectivity index (χ2v) is 9.66. The van der Waals surface area contributed by atoms with Crippen molar-refractivity contribution in [2.24, 2.45) is 0 Å². The molecule has 3 heterocycles. The number of amides is 1. The molecule has 0 spiro atoms. The number of carbonyl (C=O) groups is 1. The molecule has 210 valence electrons. The fraction of sp³-hybridized carbons (Fsp3) is 0.310. The molecule has 1 amide bonds. The van der Waals surface area contributed by atoms with Crippen molar-refractivity contribution >= 4 is 11.7 Å². The van der Waals surface area contributed by atoms with Crippen LogP contribution in [0.15, 0.2) is 60.7 Å². The van der Waals surface area contributed by atoms with Crippen molar-refractivity contribution in [3.05, 3.63) is 88.7 Å². The van der Waals surface area contributed by atoms with Crippen molar-refractivity contribution in [2.45, 2.75) is 32.8 Å². The van der Waals surface area contributed by atoms with Crippen molar-refractivity contribution in [1.82, 2.24) is 30.1 Å². The van der Waals surface area contributed by atoms with E-state index in [1.807, 2.05) is 34.1 Å². The molecule has 0 unspecified atom stereocenters. The lowest BCUT2D eigenvalue weighted by atomic mass is 10.1. The predicted octanol–water partition coefficient (Wildman–Crippen LogP) is 4.04. The molecule has 0 N–H and O–H groups in total. The Balaban J connectivity index is 1.12. The highest BCUT2D eigenvalue weighted by atomic mass is 19.3. The van der Waals surface area contributed by atoms with Gasteiger partial charge in [0.1, 0.15) is 12.3 Å². The molecule has 0 bridgehead atoms. The summed E-state index contributed by atoms with van der Waals surface area (Å²) in [5.74, 6) is 0.919. The molecular formula is C29H28F2N8O2. The summed E-state index contributed by atoms with van der Waals surface area (Å²) in [4.78, 5) is 16.5. The van der Waals surface area contributed by atoms with Crippen LogP contribution in [0.1, 0.15) is 40.9 Å². The standard InChI is InChI=1S/C29H28F2N8O2/c1-20-25(39(36-33-20)24-10-8-23(9-11-24)29(30)31)19-41-27-13-12-26(34-35-27)38-16-15-37(28(40)18-38)14-2-3-21-4-6-22(17-32)7-5-21/h4-13,29H,2-3,14-16,18-19H2,1H3. The summed E-state index contributed by atoms with van der Waals surface area (Å²) in [6.45, 7) is 4.02. The number of alkyl halides is 2. The highest BCUT2D eigenvalue weighted by Gasteiger charge is 2.25. The van der Waals surface area contributed by atoms with E-state index in [0.29, 0.717) is 54.0 Å². The second kappa shape index (κ2) is 12.5. The molecule has 0 radical (unpaired) electrons.